The van der Waals surface area contributed by atoms with E-state index in [4.69, 9.17) is 9.84 Å². The van der Waals surface area contributed by atoms with Crippen LogP contribution in [0.1, 0.15) is 12.8 Å². The number of rotatable bonds is 5. The van der Waals surface area contributed by atoms with E-state index in [2.05, 4.69) is 5.32 Å². The second-order valence-electron chi connectivity index (χ2n) is 4.54. The Morgan fingerprint density at radius 3 is 2.67 bits per heavy atom. The van der Waals surface area contributed by atoms with Gasteiger partial charge in [-0.1, -0.05) is 0 Å². The fourth-order valence-corrected chi connectivity index (χ4v) is 1.86. The standard InChI is InChI=1S/C13H16FNO3/c14-10-1-3-12(4-2-10)18-8-13(17)15-7-9-5-11(16)6-9/h1-4,9,11,16H,5-8H2,(H,15,17). The zero-order valence-corrected chi connectivity index (χ0v) is 9.93. The fourth-order valence-electron chi connectivity index (χ4n) is 1.86. The number of carbonyl (C=O) groups excluding carboxylic acids is 1. The van der Waals surface area contributed by atoms with Crippen molar-refractivity contribution in [1.82, 2.24) is 5.32 Å². The number of ether oxygens (including phenoxy) is 1. The second-order valence-corrected chi connectivity index (χ2v) is 4.54. The van der Waals surface area contributed by atoms with Gasteiger partial charge in [-0.3, -0.25) is 4.79 Å². The predicted molar refractivity (Wildman–Crippen MR) is 63.6 cm³/mol. The number of hydrogen-bond donors (Lipinski definition) is 2. The molecule has 2 N–H and O–H groups in total. The molecule has 0 unspecified atom stereocenters. The number of benzene rings is 1. The van der Waals surface area contributed by atoms with Crippen LogP contribution in [0.2, 0.25) is 0 Å². The number of aliphatic hydroxyl groups excluding tert-OH is 1. The van der Waals surface area contributed by atoms with Gasteiger partial charge in [-0.25, -0.2) is 4.39 Å². The van der Waals surface area contributed by atoms with Crippen LogP contribution in [0.3, 0.4) is 0 Å². The molecule has 0 spiro atoms. The third-order valence-electron chi connectivity index (χ3n) is 2.98. The van der Waals surface area contributed by atoms with Crippen molar-refractivity contribution >= 4 is 5.91 Å². The molecule has 0 radical (unpaired) electrons. The molecule has 18 heavy (non-hydrogen) atoms. The molecule has 5 heteroatoms. The lowest BCUT2D eigenvalue weighted by Gasteiger charge is -2.31. The molecule has 0 saturated heterocycles. The van der Waals surface area contributed by atoms with E-state index in [0.717, 1.165) is 12.8 Å². The van der Waals surface area contributed by atoms with E-state index < -0.39 is 0 Å². The first-order valence-corrected chi connectivity index (χ1v) is 5.96. The minimum atomic E-state index is -0.338. The van der Waals surface area contributed by atoms with Crippen molar-refractivity contribution in [3.63, 3.8) is 0 Å². The molecule has 1 saturated carbocycles. The fraction of sp³-hybridized carbons (Fsp3) is 0.462. The van der Waals surface area contributed by atoms with Crippen LogP contribution in [-0.4, -0.2) is 30.3 Å². The van der Waals surface area contributed by atoms with Crippen LogP contribution in [0.15, 0.2) is 24.3 Å². The van der Waals surface area contributed by atoms with Gasteiger partial charge in [0.25, 0.3) is 5.91 Å². The lowest BCUT2D eigenvalue weighted by atomic mass is 9.82. The molecule has 1 aromatic rings. The summed E-state index contributed by atoms with van der Waals surface area (Å²) in [6.07, 6.45) is 1.29. The number of aliphatic hydroxyl groups is 1. The van der Waals surface area contributed by atoms with Gasteiger partial charge in [0.05, 0.1) is 6.10 Å². The molecular weight excluding hydrogens is 237 g/mol. The van der Waals surface area contributed by atoms with Crippen LogP contribution in [0.25, 0.3) is 0 Å². The Labute approximate surface area is 105 Å². The van der Waals surface area contributed by atoms with Gasteiger partial charge in [-0.05, 0) is 43.0 Å². The SMILES string of the molecule is O=C(COc1ccc(F)cc1)NCC1CC(O)C1. The Bertz CT molecular complexity index is 401. The van der Waals surface area contributed by atoms with Gasteiger partial charge in [0, 0.05) is 6.54 Å². The molecule has 1 amide bonds. The van der Waals surface area contributed by atoms with E-state index in [-0.39, 0.29) is 24.4 Å². The Morgan fingerprint density at radius 1 is 1.39 bits per heavy atom. The van der Waals surface area contributed by atoms with Gasteiger partial charge in [-0.2, -0.15) is 0 Å². The van der Waals surface area contributed by atoms with Crippen molar-refractivity contribution in [2.45, 2.75) is 18.9 Å². The van der Waals surface area contributed by atoms with Crippen molar-refractivity contribution in [1.29, 1.82) is 0 Å². The quantitative estimate of drug-likeness (QED) is 0.826. The van der Waals surface area contributed by atoms with Gasteiger partial charge in [0.1, 0.15) is 11.6 Å². The molecular formula is C13H16FNO3. The largest absolute Gasteiger partial charge is 0.484 e. The molecule has 2 rings (SSSR count). The van der Waals surface area contributed by atoms with Crippen molar-refractivity contribution in [3.05, 3.63) is 30.1 Å². The molecule has 0 heterocycles. The maximum Gasteiger partial charge on any atom is 0.257 e. The lowest BCUT2D eigenvalue weighted by Crippen LogP contribution is -2.39. The van der Waals surface area contributed by atoms with E-state index in [1.54, 1.807) is 0 Å². The number of nitrogens with one attached hydrogen (secondary N) is 1. The summed E-state index contributed by atoms with van der Waals surface area (Å²) >= 11 is 0. The van der Waals surface area contributed by atoms with Crippen molar-refractivity contribution in [3.8, 4) is 5.75 Å². The molecule has 1 aromatic carbocycles. The number of halogens is 1. The Hall–Kier alpha value is -1.62. The Balaban J connectivity index is 1.64. The van der Waals surface area contributed by atoms with Gasteiger partial charge in [0.15, 0.2) is 6.61 Å². The smallest absolute Gasteiger partial charge is 0.257 e. The summed E-state index contributed by atoms with van der Waals surface area (Å²) in [6.45, 7) is 0.490. The van der Waals surface area contributed by atoms with Gasteiger partial charge < -0.3 is 15.2 Å². The minimum Gasteiger partial charge on any atom is -0.484 e. The summed E-state index contributed by atoms with van der Waals surface area (Å²) in [7, 11) is 0. The predicted octanol–water partition coefficient (Wildman–Crippen LogP) is 1.09. The summed E-state index contributed by atoms with van der Waals surface area (Å²) in [4.78, 5) is 11.4. The van der Waals surface area contributed by atoms with Gasteiger partial charge in [0.2, 0.25) is 0 Å². The molecule has 1 aliphatic carbocycles. The first-order valence-electron chi connectivity index (χ1n) is 5.96. The van der Waals surface area contributed by atoms with Gasteiger partial charge in [-0.15, -0.1) is 0 Å². The summed E-state index contributed by atoms with van der Waals surface area (Å²) in [5.41, 5.74) is 0. The van der Waals surface area contributed by atoms with Crippen molar-refractivity contribution < 1.29 is 19.0 Å². The van der Waals surface area contributed by atoms with Crippen LogP contribution in [0, 0.1) is 11.7 Å². The molecule has 0 aliphatic heterocycles. The highest BCUT2D eigenvalue weighted by molar-refractivity contribution is 5.77. The maximum absolute atomic E-state index is 12.6. The summed E-state index contributed by atoms with van der Waals surface area (Å²) in [5.74, 6) is 0.288. The van der Waals surface area contributed by atoms with Gasteiger partial charge >= 0.3 is 0 Å². The molecule has 0 atom stereocenters. The normalized spacial score (nSPS) is 22.1. The van der Waals surface area contributed by atoms with Crippen molar-refractivity contribution in [2.75, 3.05) is 13.2 Å². The summed E-state index contributed by atoms with van der Waals surface area (Å²) in [6, 6.07) is 5.52. The minimum absolute atomic E-state index is 0.0824. The lowest BCUT2D eigenvalue weighted by molar-refractivity contribution is -0.123. The Kier molecular flexibility index (Phi) is 4.15. The van der Waals surface area contributed by atoms with E-state index in [1.165, 1.54) is 24.3 Å². The van der Waals surface area contributed by atoms with Crippen LogP contribution < -0.4 is 10.1 Å². The Morgan fingerprint density at radius 2 is 2.06 bits per heavy atom. The summed E-state index contributed by atoms with van der Waals surface area (Å²) < 4.78 is 17.8. The average Bonchev–Trinajstić information content (AvgIpc) is 2.32. The molecule has 0 bridgehead atoms. The molecule has 1 aliphatic rings. The molecule has 1 fully saturated rings. The van der Waals surface area contributed by atoms with Crippen LogP contribution in [0.4, 0.5) is 4.39 Å². The highest BCUT2D eigenvalue weighted by Crippen LogP contribution is 2.25. The molecule has 98 valence electrons. The number of hydrogen-bond acceptors (Lipinski definition) is 3. The highest BCUT2D eigenvalue weighted by atomic mass is 19.1. The molecule has 0 aromatic heterocycles. The van der Waals surface area contributed by atoms with E-state index in [9.17, 15) is 9.18 Å². The highest BCUT2D eigenvalue weighted by Gasteiger charge is 2.27. The average molecular weight is 253 g/mol. The van der Waals surface area contributed by atoms with E-state index in [1.807, 2.05) is 0 Å². The number of amides is 1. The first-order chi connectivity index (χ1) is 8.63. The van der Waals surface area contributed by atoms with E-state index >= 15 is 0 Å². The zero-order valence-electron chi connectivity index (χ0n) is 9.93. The zero-order chi connectivity index (χ0) is 13.0. The summed E-state index contributed by atoms with van der Waals surface area (Å²) in [5, 5.41) is 11.8. The van der Waals surface area contributed by atoms with E-state index in [0.29, 0.717) is 18.2 Å². The van der Waals surface area contributed by atoms with Crippen LogP contribution >= 0.6 is 0 Å². The second kappa shape index (κ2) is 5.82. The first kappa shape index (κ1) is 12.8. The third kappa shape index (κ3) is 3.70. The third-order valence-corrected chi connectivity index (χ3v) is 2.98. The van der Waals surface area contributed by atoms with Crippen LogP contribution in [-0.2, 0) is 4.79 Å². The van der Waals surface area contributed by atoms with Crippen LogP contribution in [0.5, 0.6) is 5.75 Å². The van der Waals surface area contributed by atoms with Crippen molar-refractivity contribution in [2.24, 2.45) is 5.92 Å². The maximum atomic E-state index is 12.6. The monoisotopic (exact) mass is 253 g/mol. The number of carbonyl (C=O) groups is 1. The molecule has 4 nitrogen and oxygen atoms in total. The topological polar surface area (TPSA) is 58.6 Å².